The molecule has 2 aliphatic heterocycles. The van der Waals surface area contributed by atoms with Gasteiger partial charge in [-0.25, -0.2) is 14.6 Å². The second-order valence-corrected chi connectivity index (χ2v) is 13.5. The van der Waals surface area contributed by atoms with Gasteiger partial charge in [-0.15, -0.1) is 0 Å². The molecule has 9 nitrogen and oxygen atoms in total. The number of urea groups is 1. The molecule has 3 heterocycles. The van der Waals surface area contributed by atoms with Gasteiger partial charge in [0.25, 0.3) is 5.56 Å². The smallest absolute Gasteiger partial charge is 0.410 e. The van der Waals surface area contributed by atoms with Crippen LogP contribution in [-0.2, 0) is 11.3 Å². The summed E-state index contributed by atoms with van der Waals surface area (Å²) < 4.78 is 7.36. The van der Waals surface area contributed by atoms with Crippen LogP contribution in [0.2, 0.25) is 0 Å². The highest BCUT2D eigenvalue weighted by Gasteiger charge is 2.44. The summed E-state index contributed by atoms with van der Waals surface area (Å²) in [4.78, 5) is 50.7. The standard InChI is InChI=1S/C36H43N5O4/c1-35(2,3)45-34(44)38-20-21-41(31(24-38)28-14-8-5-9-15-28)33(43)39-19-16-29(36(25-39)17-10-11-18-36)23-40-26-37-30(22-32(40)42)27-12-6-4-7-13-27/h4-9,12-16,22,26,31H,10-11,17-21,23-25H2,1-3H3/t31-/m0/s1. The van der Waals surface area contributed by atoms with Crippen LogP contribution in [0.3, 0.4) is 0 Å². The first-order valence-electron chi connectivity index (χ1n) is 16.0. The predicted molar refractivity (Wildman–Crippen MR) is 174 cm³/mol. The Morgan fingerprint density at radius 3 is 2.31 bits per heavy atom. The van der Waals surface area contributed by atoms with Crippen LogP contribution in [-0.4, -0.2) is 74.7 Å². The van der Waals surface area contributed by atoms with Gasteiger partial charge in [0.05, 0.1) is 18.1 Å². The Morgan fingerprint density at radius 2 is 1.64 bits per heavy atom. The van der Waals surface area contributed by atoms with Gasteiger partial charge in [-0.05, 0) is 44.7 Å². The molecular weight excluding hydrogens is 566 g/mol. The molecule has 1 atom stereocenters. The van der Waals surface area contributed by atoms with Gasteiger partial charge in [0.1, 0.15) is 5.60 Å². The van der Waals surface area contributed by atoms with Crippen molar-refractivity contribution in [2.24, 2.45) is 5.41 Å². The monoisotopic (exact) mass is 609 g/mol. The molecule has 1 saturated heterocycles. The number of hydrogen-bond acceptors (Lipinski definition) is 5. The van der Waals surface area contributed by atoms with E-state index in [0.717, 1.165) is 36.8 Å². The first kappa shape index (κ1) is 30.6. The van der Waals surface area contributed by atoms with Crippen molar-refractivity contribution in [1.29, 1.82) is 0 Å². The zero-order chi connectivity index (χ0) is 31.6. The van der Waals surface area contributed by atoms with Crippen LogP contribution in [0.4, 0.5) is 9.59 Å². The van der Waals surface area contributed by atoms with Gasteiger partial charge in [0.2, 0.25) is 0 Å². The number of aromatic nitrogens is 2. The molecule has 3 aromatic rings. The number of hydrogen-bond donors (Lipinski definition) is 0. The van der Waals surface area contributed by atoms with Crippen molar-refractivity contribution in [3.8, 4) is 11.3 Å². The number of amides is 3. The summed E-state index contributed by atoms with van der Waals surface area (Å²) in [6, 6.07) is 21.0. The summed E-state index contributed by atoms with van der Waals surface area (Å²) in [5.41, 5.74) is 2.97. The van der Waals surface area contributed by atoms with Crippen LogP contribution >= 0.6 is 0 Å². The van der Waals surface area contributed by atoms with Crippen molar-refractivity contribution in [2.45, 2.75) is 64.6 Å². The lowest BCUT2D eigenvalue weighted by Crippen LogP contribution is -2.58. The van der Waals surface area contributed by atoms with Gasteiger partial charge in [0.15, 0.2) is 0 Å². The van der Waals surface area contributed by atoms with E-state index in [1.165, 1.54) is 5.57 Å². The summed E-state index contributed by atoms with van der Waals surface area (Å²) in [6.07, 6.45) is 7.64. The molecule has 6 rings (SSSR count). The van der Waals surface area contributed by atoms with E-state index in [2.05, 4.69) is 11.1 Å². The minimum absolute atomic E-state index is 0.0136. The number of benzene rings is 2. The highest BCUT2D eigenvalue weighted by atomic mass is 16.6. The van der Waals surface area contributed by atoms with Crippen molar-refractivity contribution in [2.75, 3.05) is 32.7 Å². The molecule has 3 aliphatic rings. The van der Waals surface area contributed by atoms with Crippen molar-refractivity contribution >= 4 is 12.1 Å². The van der Waals surface area contributed by atoms with Gasteiger partial charge in [-0.1, -0.05) is 79.6 Å². The molecule has 0 unspecified atom stereocenters. The Morgan fingerprint density at radius 1 is 0.956 bits per heavy atom. The Bertz CT molecular complexity index is 1610. The van der Waals surface area contributed by atoms with E-state index in [4.69, 9.17) is 4.74 Å². The lowest BCUT2D eigenvalue weighted by molar-refractivity contribution is 0.00579. The van der Waals surface area contributed by atoms with E-state index in [-0.39, 0.29) is 29.1 Å². The lowest BCUT2D eigenvalue weighted by Gasteiger charge is -2.47. The molecule has 2 aromatic carbocycles. The van der Waals surface area contributed by atoms with Gasteiger partial charge in [0, 0.05) is 56.3 Å². The van der Waals surface area contributed by atoms with E-state index in [1.54, 1.807) is 21.9 Å². The Kier molecular flexibility index (Phi) is 8.53. The van der Waals surface area contributed by atoms with Crippen molar-refractivity contribution in [3.05, 3.63) is 101 Å². The zero-order valence-electron chi connectivity index (χ0n) is 26.5. The number of carbonyl (C=O) groups excluding carboxylic acids is 2. The minimum Gasteiger partial charge on any atom is -0.444 e. The first-order chi connectivity index (χ1) is 21.6. The average Bonchev–Trinajstić information content (AvgIpc) is 3.51. The highest BCUT2D eigenvalue weighted by molar-refractivity contribution is 5.77. The van der Waals surface area contributed by atoms with E-state index >= 15 is 0 Å². The number of rotatable bonds is 4. The summed E-state index contributed by atoms with van der Waals surface area (Å²) >= 11 is 0. The molecule has 1 saturated carbocycles. The largest absolute Gasteiger partial charge is 0.444 e. The summed E-state index contributed by atoms with van der Waals surface area (Å²) in [7, 11) is 0. The van der Waals surface area contributed by atoms with Crippen LogP contribution < -0.4 is 5.56 Å². The Hall–Kier alpha value is -4.40. The molecule has 1 aliphatic carbocycles. The molecule has 0 radical (unpaired) electrons. The highest BCUT2D eigenvalue weighted by Crippen LogP contribution is 2.47. The van der Waals surface area contributed by atoms with E-state index in [0.29, 0.717) is 45.0 Å². The molecule has 1 spiro atoms. The molecule has 236 valence electrons. The molecular formula is C36H43N5O4. The quantitative estimate of drug-likeness (QED) is 0.332. The van der Waals surface area contributed by atoms with Crippen LogP contribution in [0.5, 0.6) is 0 Å². The maximum Gasteiger partial charge on any atom is 0.410 e. The SMILES string of the molecule is CC(C)(C)OC(=O)N1CCN(C(=O)N2CC=C(Cn3cnc(-c4ccccc4)cc3=O)C3(CCCC3)C2)[C@H](c2ccccc2)C1. The predicted octanol–water partition coefficient (Wildman–Crippen LogP) is 6.13. The van der Waals surface area contributed by atoms with Crippen LogP contribution in [0.1, 0.15) is 58.1 Å². The molecule has 1 aromatic heterocycles. The maximum atomic E-state index is 14.3. The fraction of sp³-hybridized carbons (Fsp3) is 0.444. The van der Waals surface area contributed by atoms with E-state index in [1.807, 2.05) is 91.2 Å². The van der Waals surface area contributed by atoms with Crippen molar-refractivity contribution in [1.82, 2.24) is 24.3 Å². The number of piperazine rings is 1. The molecule has 9 heteroatoms. The normalized spacial score (nSPS) is 19.8. The number of nitrogens with zero attached hydrogens (tertiary/aromatic N) is 5. The fourth-order valence-electron chi connectivity index (χ4n) is 7.02. The molecule has 0 bridgehead atoms. The number of ether oxygens (including phenoxy) is 1. The topological polar surface area (TPSA) is 88.0 Å². The fourth-order valence-corrected chi connectivity index (χ4v) is 7.02. The number of carbonyl (C=O) groups is 2. The molecule has 3 amide bonds. The third kappa shape index (κ3) is 6.67. The summed E-state index contributed by atoms with van der Waals surface area (Å²) in [6.45, 7) is 8.38. The van der Waals surface area contributed by atoms with Gasteiger partial charge in [-0.3, -0.25) is 9.36 Å². The molecule has 2 fully saturated rings. The minimum atomic E-state index is -0.592. The summed E-state index contributed by atoms with van der Waals surface area (Å²) in [5.74, 6) is 0. The van der Waals surface area contributed by atoms with E-state index in [9.17, 15) is 14.4 Å². The average molecular weight is 610 g/mol. The van der Waals surface area contributed by atoms with Crippen molar-refractivity contribution in [3.63, 3.8) is 0 Å². The zero-order valence-corrected chi connectivity index (χ0v) is 26.5. The van der Waals surface area contributed by atoms with E-state index < -0.39 is 5.60 Å². The van der Waals surface area contributed by atoms with Crippen LogP contribution in [0.15, 0.2) is 89.5 Å². The summed E-state index contributed by atoms with van der Waals surface area (Å²) in [5, 5.41) is 0. The molecule has 45 heavy (non-hydrogen) atoms. The lowest BCUT2D eigenvalue weighted by atomic mass is 9.75. The Labute approximate surface area is 265 Å². The third-order valence-electron chi connectivity index (χ3n) is 9.32. The van der Waals surface area contributed by atoms with Gasteiger partial charge in [-0.2, -0.15) is 0 Å². The second-order valence-electron chi connectivity index (χ2n) is 13.5. The van der Waals surface area contributed by atoms with Gasteiger partial charge >= 0.3 is 12.1 Å². The van der Waals surface area contributed by atoms with Crippen molar-refractivity contribution < 1.29 is 14.3 Å². The van der Waals surface area contributed by atoms with Crippen LogP contribution in [0, 0.1) is 5.41 Å². The molecule has 0 N–H and O–H groups in total. The van der Waals surface area contributed by atoms with Gasteiger partial charge < -0.3 is 19.4 Å². The van der Waals surface area contributed by atoms with Crippen LogP contribution in [0.25, 0.3) is 11.3 Å². The third-order valence-corrected chi connectivity index (χ3v) is 9.32. The maximum absolute atomic E-state index is 14.3. The first-order valence-corrected chi connectivity index (χ1v) is 16.0. The second kappa shape index (κ2) is 12.5. The Balaban J connectivity index is 1.22.